The summed E-state index contributed by atoms with van der Waals surface area (Å²) < 4.78 is 34.5. The number of aliphatic hydroxyl groups excluding tert-OH is 11. The van der Waals surface area contributed by atoms with E-state index < -0.39 is 124 Å². The quantitative estimate of drug-likeness (QED) is 0.0199. The lowest BCUT2D eigenvalue weighted by atomic mass is 9.96. The van der Waals surface area contributed by atoms with Crippen molar-refractivity contribution in [2.45, 2.75) is 465 Å². The standard InChI is InChI=1S/C86H159NO18/c1-3-5-7-9-11-13-15-17-19-21-23-25-27-28-29-30-31-32-33-34-35-36-37-38-39-40-42-44-46-48-50-52-54-56-58-60-62-64-74(92)87-69(70(91)63-61-59-57-55-53-51-49-47-45-43-41-26-24-22-20-18-16-14-12-10-8-6-4-2)68-100-84-80(98)77(95)82(72(66-89)102-84)105-86-81(99)78(96)83(73(67-90)103-86)104-85-79(97)76(94)75(93)71(65-88)101-85/h15,17,21,23,53,55,61,63,69-73,75-86,88-91,93-99H,3-14,16,18-20,22,24-52,54,56-60,62,64-68H2,1-2H3,(H,87,92)/b17-15-,23-21-,55-53+,63-61+. The molecule has 12 N–H and O–H groups in total. The molecular formula is C86H159NO18. The van der Waals surface area contributed by atoms with Crippen molar-refractivity contribution in [3.63, 3.8) is 0 Å². The summed E-state index contributed by atoms with van der Waals surface area (Å²) in [7, 11) is 0. The van der Waals surface area contributed by atoms with Gasteiger partial charge in [0.25, 0.3) is 0 Å². The molecule has 0 radical (unpaired) electrons. The maximum atomic E-state index is 13.5. The van der Waals surface area contributed by atoms with E-state index in [2.05, 4.69) is 55.6 Å². The second kappa shape index (κ2) is 66.4. The van der Waals surface area contributed by atoms with Crippen LogP contribution in [-0.4, -0.2) is 193 Å². The Morgan fingerprint density at radius 3 is 1.01 bits per heavy atom. The number of nitrogens with one attached hydrogen (secondary N) is 1. The third kappa shape index (κ3) is 45.8. The largest absolute Gasteiger partial charge is 0.394 e. The van der Waals surface area contributed by atoms with Gasteiger partial charge in [-0.05, 0) is 64.2 Å². The van der Waals surface area contributed by atoms with E-state index >= 15 is 0 Å². The van der Waals surface area contributed by atoms with E-state index in [0.717, 1.165) is 44.9 Å². The molecule has 3 aliphatic heterocycles. The number of hydrogen-bond donors (Lipinski definition) is 12. The zero-order chi connectivity index (χ0) is 76.0. The van der Waals surface area contributed by atoms with Crippen LogP contribution >= 0.6 is 0 Å². The second-order valence-corrected chi connectivity index (χ2v) is 31.0. The first-order valence-electron chi connectivity index (χ1n) is 43.4. The van der Waals surface area contributed by atoms with Gasteiger partial charge in [0.2, 0.25) is 5.91 Å². The second-order valence-electron chi connectivity index (χ2n) is 31.0. The van der Waals surface area contributed by atoms with Gasteiger partial charge in [-0.2, -0.15) is 0 Å². The van der Waals surface area contributed by atoms with Gasteiger partial charge < -0.3 is 89.9 Å². The van der Waals surface area contributed by atoms with Gasteiger partial charge in [-0.25, -0.2) is 0 Å². The van der Waals surface area contributed by atoms with Crippen LogP contribution in [-0.2, 0) is 33.2 Å². The molecule has 3 saturated heterocycles. The van der Waals surface area contributed by atoms with Crippen LogP contribution in [0.3, 0.4) is 0 Å². The van der Waals surface area contributed by atoms with E-state index in [-0.39, 0.29) is 18.9 Å². The molecule has 1 amide bonds. The number of amides is 1. The van der Waals surface area contributed by atoms with Gasteiger partial charge in [0.05, 0.1) is 38.6 Å². The maximum absolute atomic E-state index is 13.5. The number of carbonyl (C=O) groups is 1. The Kier molecular flexibility index (Phi) is 61.3. The molecule has 0 bridgehead atoms. The lowest BCUT2D eigenvalue weighted by Crippen LogP contribution is -2.66. The Labute approximate surface area is 637 Å². The number of unbranched alkanes of at least 4 members (excludes halogenated alkanes) is 48. The van der Waals surface area contributed by atoms with E-state index in [0.29, 0.717) is 12.8 Å². The first-order chi connectivity index (χ1) is 51.3. The smallest absolute Gasteiger partial charge is 0.220 e. The number of carbonyl (C=O) groups excluding carboxylic acids is 1. The van der Waals surface area contributed by atoms with Gasteiger partial charge in [0.1, 0.15) is 73.2 Å². The molecular weight excluding hydrogens is 1330 g/mol. The fourth-order valence-electron chi connectivity index (χ4n) is 14.7. The summed E-state index contributed by atoms with van der Waals surface area (Å²) in [5.41, 5.74) is 0. The van der Waals surface area contributed by atoms with Crippen LogP contribution < -0.4 is 5.32 Å². The average molecular weight is 1500 g/mol. The van der Waals surface area contributed by atoms with Gasteiger partial charge in [-0.3, -0.25) is 4.79 Å². The Balaban J connectivity index is 1.33. The first-order valence-corrected chi connectivity index (χ1v) is 43.4. The molecule has 19 nitrogen and oxygen atoms in total. The monoisotopic (exact) mass is 1490 g/mol. The molecule has 0 aliphatic carbocycles. The summed E-state index contributed by atoms with van der Waals surface area (Å²) in [4.78, 5) is 13.5. The number of rotatable bonds is 70. The molecule has 3 fully saturated rings. The first kappa shape index (κ1) is 96.9. The molecule has 0 aromatic carbocycles. The highest BCUT2D eigenvalue weighted by atomic mass is 16.8. The Morgan fingerprint density at radius 1 is 0.343 bits per heavy atom. The van der Waals surface area contributed by atoms with E-state index in [1.807, 2.05) is 6.08 Å². The minimum absolute atomic E-state index is 0.239. The Morgan fingerprint density at radius 2 is 0.638 bits per heavy atom. The molecule has 3 rings (SSSR count). The third-order valence-corrected chi connectivity index (χ3v) is 21.6. The molecule has 0 aromatic rings. The van der Waals surface area contributed by atoms with Crippen LogP contribution in [0.25, 0.3) is 0 Å². The highest BCUT2D eigenvalue weighted by Gasteiger charge is 2.54. The lowest BCUT2D eigenvalue weighted by molar-refractivity contribution is -0.379. The molecule has 0 saturated carbocycles. The van der Waals surface area contributed by atoms with Crippen LogP contribution in [0.15, 0.2) is 48.6 Å². The van der Waals surface area contributed by atoms with E-state index in [1.54, 1.807) is 6.08 Å². The van der Waals surface area contributed by atoms with Crippen LogP contribution in [0.2, 0.25) is 0 Å². The summed E-state index contributed by atoms with van der Waals surface area (Å²) >= 11 is 0. The summed E-state index contributed by atoms with van der Waals surface area (Å²) in [5, 5.41) is 121. The van der Waals surface area contributed by atoms with Crippen molar-refractivity contribution in [1.29, 1.82) is 0 Å². The SMILES string of the molecule is CCCCCCC/C=C\C/C=C\CCCCCCCCCCCCCCCCCCCCCCCCCCCC(=O)NC(COC1OC(CO)C(OC2OC(CO)C(OC3OC(CO)C(O)C(O)C3O)C(O)C2O)C(O)C1O)C(O)/C=C/CC/C=C/CCCCCCCCCCCCCCCCCCC. The van der Waals surface area contributed by atoms with Crippen molar-refractivity contribution in [2.24, 2.45) is 0 Å². The topological polar surface area (TPSA) is 307 Å². The number of allylic oxidation sites excluding steroid dienone is 7. The number of aliphatic hydroxyl groups is 11. The van der Waals surface area contributed by atoms with Crippen molar-refractivity contribution < 1.29 is 89.4 Å². The fraction of sp³-hybridized carbons (Fsp3) is 0.895. The highest BCUT2D eigenvalue weighted by Crippen LogP contribution is 2.33. The van der Waals surface area contributed by atoms with Gasteiger partial charge in [0, 0.05) is 6.42 Å². The molecule has 616 valence electrons. The molecule has 105 heavy (non-hydrogen) atoms. The fourth-order valence-corrected chi connectivity index (χ4v) is 14.7. The summed E-state index contributed by atoms with van der Waals surface area (Å²) in [6.07, 6.45) is 58.4. The van der Waals surface area contributed by atoms with Crippen molar-refractivity contribution in [3.05, 3.63) is 48.6 Å². The molecule has 17 atom stereocenters. The van der Waals surface area contributed by atoms with Crippen molar-refractivity contribution >= 4 is 5.91 Å². The van der Waals surface area contributed by atoms with Crippen LogP contribution in [0.4, 0.5) is 0 Å². The van der Waals surface area contributed by atoms with E-state index in [4.69, 9.17) is 28.4 Å². The highest BCUT2D eigenvalue weighted by molar-refractivity contribution is 5.76. The van der Waals surface area contributed by atoms with Crippen LogP contribution in [0.5, 0.6) is 0 Å². The summed E-state index contributed by atoms with van der Waals surface area (Å²) in [6, 6.07) is -0.991. The molecule has 3 heterocycles. The average Bonchev–Trinajstić information content (AvgIpc) is 0.779. The van der Waals surface area contributed by atoms with Gasteiger partial charge in [0.15, 0.2) is 18.9 Å². The Hall–Kier alpha value is -2.25. The normalized spacial score (nSPS) is 26.0. The predicted molar refractivity (Wildman–Crippen MR) is 420 cm³/mol. The zero-order valence-electron chi connectivity index (χ0n) is 66.2. The minimum atomic E-state index is -1.98. The van der Waals surface area contributed by atoms with E-state index in [1.165, 1.54) is 283 Å². The summed E-state index contributed by atoms with van der Waals surface area (Å²) in [5.74, 6) is -0.278. The van der Waals surface area contributed by atoms with Crippen molar-refractivity contribution in [3.8, 4) is 0 Å². The molecule has 0 aromatic heterocycles. The molecule has 0 spiro atoms. The van der Waals surface area contributed by atoms with Gasteiger partial charge in [-0.1, -0.05) is 339 Å². The van der Waals surface area contributed by atoms with E-state index in [9.17, 15) is 61.0 Å². The lowest BCUT2D eigenvalue weighted by Gasteiger charge is -2.48. The van der Waals surface area contributed by atoms with Crippen LogP contribution in [0, 0.1) is 0 Å². The Bertz CT molecular complexity index is 2080. The number of ether oxygens (including phenoxy) is 6. The maximum Gasteiger partial charge on any atom is 0.220 e. The van der Waals surface area contributed by atoms with Crippen molar-refractivity contribution in [2.75, 3.05) is 26.4 Å². The molecule has 3 aliphatic rings. The predicted octanol–water partition coefficient (Wildman–Crippen LogP) is 15.6. The minimum Gasteiger partial charge on any atom is -0.394 e. The molecule has 17 unspecified atom stereocenters. The third-order valence-electron chi connectivity index (χ3n) is 21.6. The summed E-state index contributed by atoms with van der Waals surface area (Å²) in [6.45, 7) is 1.76. The van der Waals surface area contributed by atoms with Crippen LogP contribution in [0.1, 0.15) is 361 Å². The number of hydrogen-bond acceptors (Lipinski definition) is 18. The van der Waals surface area contributed by atoms with Gasteiger partial charge in [-0.15, -0.1) is 0 Å². The molecule has 19 heteroatoms. The van der Waals surface area contributed by atoms with Crippen molar-refractivity contribution in [1.82, 2.24) is 5.32 Å². The van der Waals surface area contributed by atoms with Gasteiger partial charge >= 0.3 is 0 Å². The zero-order valence-corrected chi connectivity index (χ0v) is 66.2.